The molecule has 1 aromatic carbocycles. The van der Waals surface area contributed by atoms with E-state index in [0.717, 1.165) is 20.3 Å². The molecule has 130 valence electrons. The Kier molecular flexibility index (Phi) is 5.03. The summed E-state index contributed by atoms with van der Waals surface area (Å²) < 4.78 is 23.1. The molecule has 6 nitrogen and oxygen atoms in total. The lowest BCUT2D eigenvalue weighted by molar-refractivity contribution is -0.170. The van der Waals surface area contributed by atoms with E-state index in [4.69, 9.17) is 4.74 Å². The second-order valence-electron chi connectivity index (χ2n) is 6.08. The fraction of sp³-hybridized carbons (Fsp3) is 0.471. The standard InChI is InChI=1S/C17H19FO6/c1-17(22)8-11(19)13(15(20)23-2)12(14(17)16(21)24-3)9-5-4-6-10(18)7-9/h4-7,12-14,22H,8H2,1-3H3/t12-,13+,14-,17-/m0/s1. The molecule has 1 aliphatic carbocycles. The fourth-order valence-electron chi connectivity index (χ4n) is 3.38. The first-order valence-corrected chi connectivity index (χ1v) is 7.39. The number of hydrogen-bond acceptors (Lipinski definition) is 6. The van der Waals surface area contributed by atoms with E-state index in [9.17, 15) is 23.9 Å². The molecule has 1 N–H and O–H groups in total. The number of esters is 2. The summed E-state index contributed by atoms with van der Waals surface area (Å²) in [7, 11) is 2.27. The molecule has 0 bridgehead atoms. The third kappa shape index (κ3) is 3.17. The minimum absolute atomic E-state index is 0.245. The highest BCUT2D eigenvalue weighted by atomic mass is 19.1. The number of aliphatic hydroxyl groups is 1. The highest BCUT2D eigenvalue weighted by Crippen LogP contribution is 2.46. The molecule has 0 unspecified atom stereocenters. The van der Waals surface area contributed by atoms with Gasteiger partial charge in [0.2, 0.25) is 0 Å². The molecule has 1 fully saturated rings. The summed E-state index contributed by atoms with van der Waals surface area (Å²) in [4.78, 5) is 36.8. The summed E-state index contributed by atoms with van der Waals surface area (Å²) >= 11 is 0. The van der Waals surface area contributed by atoms with Crippen molar-refractivity contribution in [2.45, 2.75) is 24.9 Å². The first kappa shape index (κ1) is 18.1. The Morgan fingerprint density at radius 1 is 1.25 bits per heavy atom. The van der Waals surface area contributed by atoms with Gasteiger partial charge < -0.3 is 14.6 Å². The van der Waals surface area contributed by atoms with Crippen molar-refractivity contribution in [1.29, 1.82) is 0 Å². The van der Waals surface area contributed by atoms with E-state index in [-0.39, 0.29) is 5.56 Å². The summed E-state index contributed by atoms with van der Waals surface area (Å²) in [5.74, 6) is -6.39. The van der Waals surface area contributed by atoms with Crippen LogP contribution in [0.3, 0.4) is 0 Å². The van der Waals surface area contributed by atoms with Crippen LogP contribution in [0.1, 0.15) is 24.8 Å². The summed E-state index contributed by atoms with van der Waals surface area (Å²) in [5, 5.41) is 10.6. The zero-order valence-electron chi connectivity index (χ0n) is 13.6. The lowest BCUT2D eigenvalue weighted by Gasteiger charge is -2.43. The van der Waals surface area contributed by atoms with E-state index < -0.39 is 53.3 Å². The topological polar surface area (TPSA) is 89.9 Å². The Morgan fingerprint density at radius 3 is 2.42 bits per heavy atom. The van der Waals surface area contributed by atoms with Crippen molar-refractivity contribution in [2.75, 3.05) is 14.2 Å². The number of Topliss-reactive ketones (excluding diaryl/α,β-unsaturated/α-hetero) is 1. The first-order chi connectivity index (χ1) is 11.2. The van der Waals surface area contributed by atoms with E-state index in [2.05, 4.69) is 4.74 Å². The predicted molar refractivity (Wildman–Crippen MR) is 80.4 cm³/mol. The van der Waals surface area contributed by atoms with Crippen LogP contribution in [0.15, 0.2) is 24.3 Å². The molecular weight excluding hydrogens is 319 g/mol. The zero-order valence-corrected chi connectivity index (χ0v) is 13.6. The molecule has 0 radical (unpaired) electrons. The maximum absolute atomic E-state index is 13.7. The van der Waals surface area contributed by atoms with Crippen molar-refractivity contribution >= 4 is 17.7 Å². The van der Waals surface area contributed by atoms with E-state index in [1.165, 1.54) is 25.1 Å². The largest absolute Gasteiger partial charge is 0.469 e. The van der Waals surface area contributed by atoms with E-state index in [1.807, 2.05) is 0 Å². The normalized spacial score (nSPS) is 29.9. The van der Waals surface area contributed by atoms with Crippen LogP contribution < -0.4 is 0 Å². The quantitative estimate of drug-likeness (QED) is 0.658. The van der Waals surface area contributed by atoms with Gasteiger partial charge in [0, 0.05) is 12.3 Å². The number of ether oxygens (including phenoxy) is 2. The first-order valence-electron chi connectivity index (χ1n) is 7.39. The van der Waals surface area contributed by atoms with Gasteiger partial charge in [-0.25, -0.2) is 4.39 Å². The molecule has 0 aromatic heterocycles. The third-order valence-corrected chi connectivity index (χ3v) is 4.41. The summed E-state index contributed by atoms with van der Waals surface area (Å²) in [5.41, 5.74) is -1.49. The van der Waals surface area contributed by atoms with Crippen LogP contribution >= 0.6 is 0 Å². The number of ketones is 1. The number of hydrogen-bond donors (Lipinski definition) is 1. The van der Waals surface area contributed by atoms with Crippen LogP contribution in [0.2, 0.25) is 0 Å². The van der Waals surface area contributed by atoms with Crippen LogP contribution in [0, 0.1) is 17.7 Å². The van der Waals surface area contributed by atoms with Crippen LogP contribution in [-0.4, -0.2) is 42.6 Å². The second-order valence-corrected chi connectivity index (χ2v) is 6.08. The molecule has 1 saturated carbocycles. The van der Waals surface area contributed by atoms with Gasteiger partial charge >= 0.3 is 11.9 Å². The van der Waals surface area contributed by atoms with Crippen molar-refractivity contribution in [3.05, 3.63) is 35.6 Å². The number of methoxy groups -OCH3 is 2. The Balaban J connectivity index is 2.65. The number of carbonyl (C=O) groups excluding carboxylic acids is 3. The van der Waals surface area contributed by atoms with Crippen molar-refractivity contribution in [2.24, 2.45) is 11.8 Å². The maximum Gasteiger partial charge on any atom is 0.316 e. The highest BCUT2D eigenvalue weighted by molar-refractivity contribution is 6.02. The summed E-state index contributed by atoms with van der Waals surface area (Å²) in [6.45, 7) is 1.33. The molecule has 4 atom stereocenters. The Hall–Kier alpha value is -2.28. The number of carbonyl (C=O) groups is 3. The minimum Gasteiger partial charge on any atom is -0.469 e. The lowest BCUT2D eigenvalue weighted by atomic mass is 9.62. The van der Waals surface area contributed by atoms with Crippen molar-refractivity contribution in [1.82, 2.24) is 0 Å². The van der Waals surface area contributed by atoms with E-state index in [1.54, 1.807) is 0 Å². The Labute approximate surface area is 138 Å². The molecule has 0 aliphatic heterocycles. The maximum atomic E-state index is 13.7. The third-order valence-electron chi connectivity index (χ3n) is 4.41. The zero-order chi connectivity index (χ0) is 18.1. The van der Waals surface area contributed by atoms with E-state index >= 15 is 0 Å². The molecular formula is C17H19FO6. The van der Waals surface area contributed by atoms with Gasteiger partial charge in [-0.2, -0.15) is 0 Å². The van der Waals surface area contributed by atoms with Gasteiger partial charge in [-0.3, -0.25) is 14.4 Å². The van der Waals surface area contributed by atoms with Crippen LogP contribution in [0.5, 0.6) is 0 Å². The van der Waals surface area contributed by atoms with Gasteiger partial charge in [0.1, 0.15) is 11.7 Å². The molecule has 0 spiro atoms. The molecule has 0 amide bonds. The smallest absolute Gasteiger partial charge is 0.316 e. The van der Waals surface area contributed by atoms with Crippen LogP contribution in [-0.2, 0) is 23.9 Å². The molecule has 1 aliphatic rings. The average molecular weight is 338 g/mol. The van der Waals surface area contributed by atoms with Gasteiger partial charge in [-0.15, -0.1) is 0 Å². The van der Waals surface area contributed by atoms with Crippen molar-refractivity contribution in [3.63, 3.8) is 0 Å². The van der Waals surface area contributed by atoms with Gasteiger partial charge in [-0.1, -0.05) is 12.1 Å². The Morgan fingerprint density at radius 2 is 1.88 bits per heavy atom. The highest BCUT2D eigenvalue weighted by Gasteiger charge is 2.56. The summed E-state index contributed by atoms with van der Waals surface area (Å²) in [6, 6.07) is 5.23. The average Bonchev–Trinajstić information content (AvgIpc) is 2.52. The predicted octanol–water partition coefficient (Wildman–Crippen LogP) is 1.21. The van der Waals surface area contributed by atoms with Crippen LogP contribution in [0.25, 0.3) is 0 Å². The number of rotatable bonds is 3. The minimum atomic E-state index is -1.73. The van der Waals surface area contributed by atoms with Crippen LogP contribution in [0.4, 0.5) is 4.39 Å². The second kappa shape index (κ2) is 6.68. The molecule has 1 aromatic rings. The molecule has 0 saturated heterocycles. The Bertz CT molecular complexity index is 669. The number of halogens is 1. The molecule has 2 rings (SSSR count). The van der Waals surface area contributed by atoms with Crippen molar-refractivity contribution in [3.8, 4) is 0 Å². The van der Waals surface area contributed by atoms with Crippen molar-refractivity contribution < 1.29 is 33.4 Å². The molecule has 24 heavy (non-hydrogen) atoms. The monoisotopic (exact) mass is 338 g/mol. The summed E-state index contributed by atoms with van der Waals surface area (Å²) in [6.07, 6.45) is -0.404. The van der Waals surface area contributed by atoms with Gasteiger partial charge in [0.25, 0.3) is 0 Å². The van der Waals surface area contributed by atoms with Gasteiger partial charge in [0.15, 0.2) is 5.78 Å². The number of benzene rings is 1. The SMILES string of the molecule is COC(=O)[C@@H]1C(=O)C[C@](C)(O)[C@H](C(=O)OC)[C@H]1c1cccc(F)c1. The fourth-order valence-corrected chi connectivity index (χ4v) is 3.38. The molecule has 0 heterocycles. The van der Waals surface area contributed by atoms with Gasteiger partial charge in [-0.05, 0) is 24.6 Å². The van der Waals surface area contributed by atoms with Gasteiger partial charge in [0.05, 0.1) is 25.7 Å². The van der Waals surface area contributed by atoms with E-state index in [0.29, 0.717) is 0 Å². The molecule has 7 heteroatoms. The lowest BCUT2D eigenvalue weighted by Crippen LogP contribution is -2.55.